The van der Waals surface area contributed by atoms with Gasteiger partial charge in [0, 0.05) is 17.0 Å². The molecule has 0 heterocycles. The highest BCUT2D eigenvalue weighted by atomic mass is 32.2. The zero-order valence-corrected chi connectivity index (χ0v) is 8.68. The number of carbonyl (C=O) groups is 1. The van der Waals surface area contributed by atoms with Crippen molar-refractivity contribution in [3.63, 3.8) is 0 Å². The molecule has 1 rings (SSSR count). The summed E-state index contributed by atoms with van der Waals surface area (Å²) in [6, 6.07) is 3.24. The molecule has 0 unspecified atom stereocenters. The first kappa shape index (κ1) is 11.7. The highest BCUT2D eigenvalue weighted by Gasteiger charge is 2.02. The Bertz CT molecular complexity index is 391. The van der Waals surface area contributed by atoms with Crippen molar-refractivity contribution in [3.8, 4) is 0 Å². The van der Waals surface area contributed by atoms with Crippen molar-refractivity contribution >= 4 is 17.7 Å². The fourth-order valence-electron chi connectivity index (χ4n) is 0.802. The van der Waals surface area contributed by atoms with Gasteiger partial charge in [-0.1, -0.05) is 11.8 Å². The molecule has 0 saturated carbocycles. The lowest BCUT2D eigenvalue weighted by Crippen LogP contribution is -1.92. The van der Waals surface area contributed by atoms with Crippen molar-refractivity contribution in [2.45, 2.75) is 4.90 Å². The average molecular weight is 230 g/mol. The van der Waals surface area contributed by atoms with E-state index in [0.29, 0.717) is 0 Å². The number of rotatable bonds is 3. The molecule has 0 saturated heterocycles. The third-order valence-corrected chi connectivity index (χ3v) is 2.35. The maximum Gasteiger partial charge on any atom is 0.330 e. The van der Waals surface area contributed by atoms with E-state index in [1.165, 1.54) is 18.6 Å². The molecule has 0 fully saturated rings. The van der Waals surface area contributed by atoms with E-state index in [0.717, 1.165) is 30.0 Å². The highest BCUT2D eigenvalue weighted by Crippen LogP contribution is 2.23. The third-order valence-electron chi connectivity index (χ3n) is 1.49. The van der Waals surface area contributed by atoms with Gasteiger partial charge in [-0.3, -0.25) is 0 Å². The smallest absolute Gasteiger partial charge is 0.330 e. The normalized spacial score (nSPS) is 10.6. The lowest BCUT2D eigenvalue weighted by molar-refractivity contribution is -0.134. The van der Waals surface area contributed by atoms with Crippen LogP contribution in [0.1, 0.15) is 0 Å². The predicted octanol–water partition coefficient (Wildman–Crippen LogP) is 2.74. The van der Waals surface area contributed by atoms with Crippen LogP contribution < -0.4 is 0 Å². The van der Waals surface area contributed by atoms with E-state index >= 15 is 0 Å². The van der Waals surface area contributed by atoms with Crippen LogP contribution in [0.5, 0.6) is 0 Å². The lowest BCUT2D eigenvalue weighted by atomic mass is 10.3. The Hall–Kier alpha value is -1.36. The van der Waals surface area contributed by atoms with Crippen molar-refractivity contribution in [1.82, 2.24) is 0 Å². The number of hydrogen-bond acceptors (Lipinski definition) is 3. The van der Waals surface area contributed by atoms with Gasteiger partial charge in [0.2, 0.25) is 0 Å². The maximum atomic E-state index is 13.0. The number of thioether (sulfide) groups is 1. The Morgan fingerprint density at radius 1 is 1.47 bits per heavy atom. The van der Waals surface area contributed by atoms with Gasteiger partial charge in [-0.25, -0.2) is 13.6 Å². The molecule has 0 N–H and O–H groups in total. The van der Waals surface area contributed by atoms with Crippen molar-refractivity contribution < 1.29 is 18.3 Å². The molecule has 1 aromatic carbocycles. The summed E-state index contributed by atoms with van der Waals surface area (Å²) < 4.78 is 29.9. The van der Waals surface area contributed by atoms with Crippen LogP contribution in [-0.2, 0) is 9.53 Å². The summed E-state index contributed by atoms with van der Waals surface area (Å²) >= 11 is 0.976. The number of hydrogen-bond donors (Lipinski definition) is 0. The number of methoxy groups -OCH3 is 1. The standard InChI is InChI=1S/C10H8F2O2S/c1-14-10(13)4-5-15-9-3-2-7(11)6-8(9)12/h2-6H,1H3. The van der Waals surface area contributed by atoms with Gasteiger partial charge < -0.3 is 4.74 Å². The summed E-state index contributed by atoms with van der Waals surface area (Å²) in [5.74, 6) is -1.81. The summed E-state index contributed by atoms with van der Waals surface area (Å²) in [6.45, 7) is 0. The monoisotopic (exact) mass is 230 g/mol. The Kier molecular flexibility index (Phi) is 4.30. The number of halogens is 2. The van der Waals surface area contributed by atoms with Crippen LogP contribution in [0.2, 0.25) is 0 Å². The Balaban J connectivity index is 2.65. The maximum absolute atomic E-state index is 13.0. The van der Waals surface area contributed by atoms with Gasteiger partial charge in [-0.15, -0.1) is 0 Å². The molecule has 0 aromatic heterocycles. The Labute approximate surface area is 89.9 Å². The SMILES string of the molecule is COC(=O)C=CSc1ccc(F)cc1F. The molecule has 2 nitrogen and oxygen atoms in total. The second-order valence-corrected chi connectivity index (χ2v) is 3.47. The number of carbonyl (C=O) groups excluding carboxylic acids is 1. The lowest BCUT2D eigenvalue weighted by Gasteiger charge is -1.98. The number of benzene rings is 1. The molecular weight excluding hydrogens is 222 g/mol. The van der Waals surface area contributed by atoms with Crippen molar-refractivity contribution in [2.24, 2.45) is 0 Å². The molecule has 0 bridgehead atoms. The first-order valence-corrected chi connectivity index (χ1v) is 4.87. The van der Waals surface area contributed by atoms with Crippen molar-refractivity contribution in [2.75, 3.05) is 7.11 Å². The van der Waals surface area contributed by atoms with Crippen molar-refractivity contribution in [3.05, 3.63) is 41.3 Å². The quantitative estimate of drug-likeness (QED) is 0.453. The van der Waals surface area contributed by atoms with Crippen LogP contribution in [0.15, 0.2) is 34.6 Å². The van der Waals surface area contributed by atoms with Crippen molar-refractivity contribution in [1.29, 1.82) is 0 Å². The van der Waals surface area contributed by atoms with Gasteiger partial charge in [0.15, 0.2) is 0 Å². The summed E-state index contributed by atoms with van der Waals surface area (Å²) in [7, 11) is 1.25. The van der Waals surface area contributed by atoms with Crippen LogP contribution in [-0.4, -0.2) is 13.1 Å². The molecule has 0 amide bonds. The topological polar surface area (TPSA) is 26.3 Å². The van der Waals surface area contributed by atoms with Gasteiger partial charge in [-0.2, -0.15) is 0 Å². The summed E-state index contributed by atoms with van der Waals surface area (Å²) in [5, 5.41) is 1.38. The van der Waals surface area contributed by atoms with E-state index in [-0.39, 0.29) is 4.90 Å². The molecule has 15 heavy (non-hydrogen) atoms. The molecule has 80 valence electrons. The van der Waals surface area contributed by atoms with Gasteiger partial charge in [0.05, 0.1) is 7.11 Å². The second kappa shape index (κ2) is 5.50. The van der Waals surface area contributed by atoms with E-state index in [1.807, 2.05) is 0 Å². The molecule has 0 aliphatic heterocycles. The minimum absolute atomic E-state index is 0.247. The van der Waals surface area contributed by atoms with Gasteiger partial charge in [0.25, 0.3) is 0 Å². The molecule has 0 aliphatic carbocycles. The van der Waals surface area contributed by atoms with Crippen LogP contribution in [0, 0.1) is 11.6 Å². The van der Waals surface area contributed by atoms with E-state index in [9.17, 15) is 13.6 Å². The van der Waals surface area contributed by atoms with Crippen LogP contribution in [0.4, 0.5) is 8.78 Å². The van der Waals surface area contributed by atoms with E-state index < -0.39 is 17.6 Å². The Morgan fingerprint density at radius 3 is 2.80 bits per heavy atom. The van der Waals surface area contributed by atoms with Gasteiger partial charge in [0.1, 0.15) is 11.6 Å². The largest absolute Gasteiger partial charge is 0.466 e. The minimum Gasteiger partial charge on any atom is -0.466 e. The van der Waals surface area contributed by atoms with Crippen LogP contribution >= 0.6 is 11.8 Å². The minimum atomic E-state index is -0.658. The van der Waals surface area contributed by atoms with Gasteiger partial charge in [-0.05, 0) is 17.5 Å². The molecular formula is C10H8F2O2S. The molecule has 1 aromatic rings. The van der Waals surface area contributed by atoms with Crippen LogP contribution in [0.3, 0.4) is 0 Å². The average Bonchev–Trinajstić information content (AvgIpc) is 2.21. The zero-order chi connectivity index (χ0) is 11.3. The molecule has 0 aliphatic rings. The third kappa shape index (κ3) is 3.71. The first-order valence-electron chi connectivity index (χ1n) is 3.99. The van der Waals surface area contributed by atoms with E-state index in [1.54, 1.807) is 0 Å². The van der Waals surface area contributed by atoms with E-state index in [4.69, 9.17) is 0 Å². The van der Waals surface area contributed by atoms with Gasteiger partial charge >= 0.3 is 5.97 Å². The second-order valence-electron chi connectivity index (χ2n) is 2.52. The molecule has 0 atom stereocenters. The first-order chi connectivity index (χ1) is 7.13. The fourth-order valence-corrected chi connectivity index (χ4v) is 1.45. The summed E-state index contributed by atoms with van der Waals surface area (Å²) in [4.78, 5) is 10.9. The number of esters is 1. The molecule has 0 spiro atoms. The zero-order valence-electron chi connectivity index (χ0n) is 7.87. The van der Waals surface area contributed by atoms with E-state index in [2.05, 4.69) is 4.74 Å². The summed E-state index contributed by atoms with van der Waals surface area (Å²) in [5.41, 5.74) is 0. The predicted molar refractivity (Wildman–Crippen MR) is 53.4 cm³/mol. The number of ether oxygens (including phenoxy) is 1. The Morgan fingerprint density at radius 2 is 2.20 bits per heavy atom. The van der Waals surface area contributed by atoms with Crippen LogP contribution in [0.25, 0.3) is 0 Å². The summed E-state index contributed by atoms with van der Waals surface area (Å²) in [6.07, 6.45) is 1.16. The molecule has 5 heteroatoms. The highest BCUT2D eigenvalue weighted by molar-refractivity contribution is 8.02. The fraction of sp³-hybridized carbons (Fsp3) is 0.100. The molecule has 0 radical (unpaired) electrons.